The van der Waals surface area contributed by atoms with E-state index in [0.717, 1.165) is 12.8 Å². The van der Waals surface area contributed by atoms with E-state index in [9.17, 15) is 19.2 Å². The van der Waals surface area contributed by atoms with E-state index in [0.29, 0.717) is 18.9 Å². The van der Waals surface area contributed by atoms with Crippen LogP contribution in [0.4, 0.5) is 0 Å². The topological polar surface area (TPSA) is 92.8 Å². The molecule has 0 atom stereocenters. The summed E-state index contributed by atoms with van der Waals surface area (Å²) in [5, 5.41) is 2.78. The Kier molecular flexibility index (Phi) is 7.31. The van der Waals surface area contributed by atoms with Gasteiger partial charge in [-0.1, -0.05) is 27.7 Å². The Morgan fingerprint density at radius 2 is 1.71 bits per heavy atom. The average molecular weight is 388 g/mol. The first-order valence-electron chi connectivity index (χ1n) is 9.75. The van der Waals surface area contributed by atoms with Gasteiger partial charge in [-0.15, -0.1) is 0 Å². The Morgan fingerprint density at radius 3 is 2.32 bits per heavy atom. The van der Waals surface area contributed by atoms with Crippen LogP contribution in [0.5, 0.6) is 0 Å². The van der Waals surface area contributed by atoms with Crippen LogP contribution >= 0.6 is 0 Å². The molecule has 3 amide bonds. The highest BCUT2D eigenvalue weighted by Crippen LogP contribution is 2.25. The van der Waals surface area contributed by atoms with Gasteiger partial charge in [0.05, 0.1) is 16.7 Å². The molecule has 1 aromatic rings. The fourth-order valence-electron chi connectivity index (χ4n) is 2.98. The molecule has 0 spiro atoms. The van der Waals surface area contributed by atoms with E-state index in [1.165, 1.54) is 23.1 Å². The minimum absolute atomic E-state index is 0.0478. The number of carbonyl (C=O) groups is 4. The van der Waals surface area contributed by atoms with Crippen LogP contribution in [0.3, 0.4) is 0 Å². The molecule has 1 N–H and O–H groups in total. The SMILES string of the molecule is CCC(CC)NC(=O)COC(=O)c1ccc2c(c1)C(=O)N(CCC(C)C)C2=O. The third kappa shape index (κ3) is 4.97. The molecule has 1 aliphatic rings. The zero-order valence-corrected chi connectivity index (χ0v) is 16.9. The zero-order valence-electron chi connectivity index (χ0n) is 16.9. The Hall–Kier alpha value is -2.70. The lowest BCUT2D eigenvalue weighted by Gasteiger charge is -2.14. The third-order valence-electron chi connectivity index (χ3n) is 4.82. The standard InChI is InChI=1S/C21H28N2O5/c1-5-15(6-2)22-18(24)12-28-21(27)14-7-8-16-17(11-14)20(26)23(19(16)25)10-9-13(3)4/h7-8,11,13,15H,5-6,9-10,12H2,1-4H3,(H,22,24). The van der Waals surface area contributed by atoms with Gasteiger partial charge in [-0.25, -0.2) is 4.79 Å². The summed E-state index contributed by atoms with van der Waals surface area (Å²) in [7, 11) is 0. The number of ether oxygens (including phenoxy) is 1. The van der Waals surface area contributed by atoms with Crippen molar-refractivity contribution in [1.82, 2.24) is 10.2 Å². The molecule has 2 rings (SSSR count). The number of nitrogens with zero attached hydrogens (tertiary/aromatic N) is 1. The molecule has 28 heavy (non-hydrogen) atoms. The average Bonchev–Trinajstić information content (AvgIpc) is 2.92. The van der Waals surface area contributed by atoms with Crippen molar-refractivity contribution in [2.75, 3.05) is 13.2 Å². The van der Waals surface area contributed by atoms with Crippen LogP contribution < -0.4 is 5.32 Å². The number of carbonyl (C=O) groups excluding carboxylic acids is 4. The molecule has 7 heteroatoms. The molecule has 0 aliphatic carbocycles. The maximum atomic E-state index is 12.5. The molecule has 0 fully saturated rings. The van der Waals surface area contributed by atoms with Gasteiger partial charge in [-0.05, 0) is 43.4 Å². The molecule has 1 heterocycles. The Balaban J connectivity index is 2.02. The van der Waals surface area contributed by atoms with Gasteiger partial charge >= 0.3 is 5.97 Å². The molecule has 0 bridgehead atoms. The van der Waals surface area contributed by atoms with Gasteiger partial charge in [0.15, 0.2) is 6.61 Å². The summed E-state index contributed by atoms with van der Waals surface area (Å²) in [4.78, 5) is 50.3. The van der Waals surface area contributed by atoms with E-state index < -0.39 is 11.9 Å². The van der Waals surface area contributed by atoms with Crippen molar-refractivity contribution in [2.24, 2.45) is 5.92 Å². The summed E-state index contributed by atoms with van der Waals surface area (Å²) in [6.45, 7) is 7.93. The van der Waals surface area contributed by atoms with Crippen molar-refractivity contribution in [3.8, 4) is 0 Å². The number of benzene rings is 1. The summed E-state index contributed by atoms with van der Waals surface area (Å²) >= 11 is 0. The van der Waals surface area contributed by atoms with Gasteiger partial charge < -0.3 is 10.1 Å². The molecule has 0 saturated carbocycles. The molecule has 0 aromatic heterocycles. The molecule has 0 unspecified atom stereocenters. The number of rotatable bonds is 9. The molecule has 1 aromatic carbocycles. The van der Waals surface area contributed by atoms with Gasteiger partial charge in [0.25, 0.3) is 17.7 Å². The lowest BCUT2D eigenvalue weighted by atomic mass is 10.1. The molecule has 0 saturated heterocycles. The fourth-order valence-corrected chi connectivity index (χ4v) is 2.98. The minimum atomic E-state index is -0.705. The van der Waals surface area contributed by atoms with Crippen molar-refractivity contribution in [3.05, 3.63) is 34.9 Å². The van der Waals surface area contributed by atoms with Crippen LogP contribution in [0.1, 0.15) is 78.0 Å². The number of esters is 1. The molecule has 0 radical (unpaired) electrons. The lowest BCUT2D eigenvalue weighted by Crippen LogP contribution is -2.36. The Labute approximate surface area is 165 Å². The molecular formula is C21H28N2O5. The number of nitrogens with one attached hydrogen (secondary N) is 1. The van der Waals surface area contributed by atoms with Crippen LogP contribution in [0.15, 0.2) is 18.2 Å². The molecular weight excluding hydrogens is 360 g/mol. The van der Waals surface area contributed by atoms with Gasteiger partial charge in [0.1, 0.15) is 0 Å². The second-order valence-corrected chi connectivity index (χ2v) is 7.36. The number of imide groups is 1. The summed E-state index contributed by atoms with van der Waals surface area (Å²) in [6, 6.07) is 4.32. The quantitative estimate of drug-likeness (QED) is 0.519. The van der Waals surface area contributed by atoms with Crippen molar-refractivity contribution in [2.45, 2.75) is 53.0 Å². The maximum absolute atomic E-state index is 12.5. The van der Waals surface area contributed by atoms with Crippen LogP contribution in [0.25, 0.3) is 0 Å². The van der Waals surface area contributed by atoms with E-state index >= 15 is 0 Å². The first-order chi connectivity index (χ1) is 13.3. The number of fused-ring (bicyclic) bond motifs is 1. The van der Waals surface area contributed by atoms with E-state index in [1.54, 1.807) is 0 Å². The fraction of sp³-hybridized carbons (Fsp3) is 0.524. The van der Waals surface area contributed by atoms with E-state index in [1.807, 2.05) is 27.7 Å². The van der Waals surface area contributed by atoms with Crippen molar-refractivity contribution < 1.29 is 23.9 Å². The zero-order chi connectivity index (χ0) is 20.8. The Morgan fingerprint density at radius 1 is 1.07 bits per heavy atom. The van der Waals surface area contributed by atoms with Crippen LogP contribution in [-0.2, 0) is 9.53 Å². The van der Waals surface area contributed by atoms with E-state index in [2.05, 4.69) is 5.32 Å². The van der Waals surface area contributed by atoms with Crippen molar-refractivity contribution >= 4 is 23.7 Å². The second-order valence-electron chi connectivity index (χ2n) is 7.36. The number of amides is 3. The molecule has 7 nitrogen and oxygen atoms in total. The highest BCUT2D eigenvalue weighted by atomic mass is 16.5. The number of hydrogen-bond acceptors (Lipinski definition) is 5. The van der Waals surface area contributed by atoms with Crippen LogP contribution in [-0.4, -0.2) is 47.8 Å². The Bertz CT molecular complexity index is 768. The molecule has 1 aliphatic heterocycles. The highest BCUT2D eigenvalue weighted by molar-refractivity contribution is 6.21. The monoisotopic (exact) mass is 388 g/mol. The smallest absolute Gasteiger partial charge is 0.338 e. The van der Waals surface area contributed by atoms with Crippen molar-refractivity contribution in [3.63, 3.8) is 0 Å². The first-order valence-corrected chi connectivity index (χ1v) is 9.75. The van der Waals surface area contributed by atoms with Gasteiger partial charge in [0, 0.05) is 12.6 Å². The summed E-state index contributed by atoms with van der Waals surface area (Å²) in [5.74, 6) is -1.45. The maximum Gasteiger partial charge on any atom is 0.338 e. The van der Waals surface area contributed by atoms with Crippen molar-refractivity contribution in [1.29, 1.82) is 0 Å². The third-order valence-corrected chi connectivity index (χ3v) is 4.82. The van der Waals surface area contributed by atoms with E-state index in [-0.39, 0.29) is 41.2 Å². The van der Waals surface area contributed by atoms with Gasteiger partial charge in [-0.3, -0.25) is 19.3 Å². The summed E-state index contributed by atoms with van der Waals surface area (Å²) < 4.78 is 5.05. The summed E-state index contributed by atoms with van der Waals surface area (Å²) in [5.41, 5.74) is 0.627. The molecule has 152 valence electrons. The number of hydrogen-bond donors (Lipinski definition) is 1. The highest BCUT2D eigenvalue weighted by Gasteiger charge is 2.35. The van der Waals surface area contributed by atoms with Gasteiger partial charge in [0.2, 0.25) is 0 Å². The predicted octanol–water partition coefficient (Wildman–Crippen LogP) is 2.79. The second kappa shape index (κ2) is 9.48. The minimum Gasteiger partial charge on any atom is -0.452 e. The largest absolute Gasteiger partial charge is 0.452 e. The van der Waals surface area contributed by atoms with Crippen LogP contribution in [0.2, 0.25) is 0 Å². The summed E-state index contributed by atoms with van der Waals surface area (Å²) in [6.07, 6.45) is 2.31. The first kappa shape index (κ1) is 21.6. The van der Waals surface area contributed by atoms with Crippen LogP contribution in [0, 0.1) is 5.92 Å². The normalized spacial score (nSPS) is 13.3. The lowest BCUT2D eigenvalue weighted by molar-refractivity contribution is -0.125. The van der Waals surface area contributed by atoms with Gasteiger partial charge in [-0.2, -0.15) is 0 Å². The van der Waals surface area contributed by atoms with E-state index in [4.69, 9.17) is 4.74 Å². The predicted molar refractivity (Wildman–Crippen MR) is 104 cm³/mol.